The second kappa shape index (κ2) is 9.91. The van der Waals surface area contributed by atoms with Gasteiger partial charge in [-0.05, 0) is 48.9 Å². The number of carboxylic acids is 1. The molecule has 28 heavy (non-hydrogen) atoms. The summed E-state index contributed by atoms with van der Waals surface area (Å²) in [5, 5.41) is 12.5. The van der Waals surface area contributed by atoms with E-state index in [0.29, 0.717) is 0 Å². The van der Waals surface area contributed by atoms with Gasteiger partial charge in [0.15, 0.2) is 0 Å². The Hall–Kier alpha value is -2.09. The average Bonchev–Trinajstić information content (AvgIpc) is 3.10. The van der Waals surface area contributed by atoms with Crippen molar-refractivity contribution in [1.29, 1.82) is 0 Å². The van der Waals surface area contributed by atoms with Crippen molar-refractivity contribution in [1.82, 2.24) is 10.3 Å². The molecule has 0 aliphatic heterocycles. The number of carbonyl (C=O) groups is 1. The molecule has 0 radical (unpaired) electrons. The molecule has 0 unspecified atom stereocenters. The van der Waals surface area contributed by atoms with Crippen LogP contribution in [0.15, 0.2) is 42.5 Å². The van der Waals surface area contributed by atoms with E-state index in [1.54, 1.807) is 11.3 Å². The second-order valence-electron chi connectivity index (χ2n) is 6.64. The molecule has 0 amide bonds. The number of aliphatic carboxylic acids is 1. The van der Waals surface area contributed by atoms with E-state index in [9.17, 15) is 4.79 Å². The number of aryl methyl sites for hydroxylation is 1. The van der Waals surface area contributed by atoms with Gasteiger partial charge in [-0.3, -0.25) is 4.79 Å². The standard InChI is InChI=1S/C21H25N3O2S2/c1-15-3-8-18-19(13-15)28-21(23-18)16-4-6-17(7-5-16)24(2)10-12-27-11-9-22-14-20(25)26/h3-8,13,22H,9-12,14H2,1-2H3,(H,25,26). The maximum absolute atomic E-state index is 10.4. The molecule has 0 atom stereocenters. The van der Waals surface area contributed by atoms with Gasteiger partial charge in [0.2, 0.25) is 0 Å². The normalized spacial score (nSPS) is 11.1. The monoisotopic (exact) mass is 415 g/mol. The number of hydrogen-bond acceptors (Lipinski definition) is 6. The summed E-state index contributed by atoms with van der Waals surface area (Å²) < 4.78 is 1.23. The summed E-state index contributed by atoms with van der Waals surface area (Å²) >= 11 is 3.56. The molecule has 1 aromatic heterocycles. The summed E-state index contributed by atoms with van der Waals surface area (Å²) in [5.74, 6) is 1.11. The summed E-state index contributed by atoms with van der Waals surface area (Å²) in [6.45, 7) is 3.80. The molecule has 7 heteroatoms. The van der Waals surface area contributed by atoms with E-state index in [2.05, 4.69) is 66.7 Å². The predicted molar refractivity (Wildman–Crippen MR) is 121 cm³/mol. The summed E-state index contributed by atoms with van der Waals surface area (Å²) in [7, 11) is 2.10. The molecule has 0 spiro atoms. The van der Waals surface area contributed by atoms with Crippen LogP contribution in [-0.4, -0.2) is 54.2 Å². The molecular weight excluding hydrogens is 390 g/mol. The van der Waals surface area contributed by atoms with Crippen LogP contribution in [-0.2, 0) is 4.79 Å². The topological polar surface area (TPSA) is 65.5 Å². The van der Waals surface area contributed by atoms with Gasteiger partial charge in [-0.2, -0.15) is 11.8 Å². The zero-order chi connectivity index (χ0) is 19.9. The summed E-state index contributed by atoms with van der Waals surface area (Å²) in [4.78, 5) is 17.4. The third-order valence-corrected chi connectivity index (χ3v) is 6.40. The van der Waals surface area contributed by atoms with E-state index in [1.807, 2.05) is 11.8 Å². The van der Waals surface area contributed by atoms with Crippen LogP contribution in [0.2, 0.25) is 0 Å². The third kappa shape index (κ3) is 5.70. The number of fused-ring (bicyclic) bond motifs is 1. The lowest BCUT2D eigenvalue weighted by atomic mass is 10.2. The Morgan fingerprint density at radius 3 is 2.75 bits per heavy atom. The molecular formula is C21H25N3O2S2. The molecule has 2 N–H and O–H groups in total. The first-order valence-electron chi connectivity index (χ1n) is 9.22. The number of hydrogen-bond donors (Lipinski definition) is 2. The number of carboxylic acid groups (broad SMARTS) is 1. The minimum absolute atomic E-state index is 0.0288. The fourth-order valence-corrected chi connectivity index (χ4v) is 4.75. The summed E-state index contributed by atoms with van der Waals surface area (Å²) in [6.07, 6.45) is 0. The highest BCUT2D eigenvalue weighted by Crippen LogP contribution is 2.31. The lowest BCUT2D eigenvalue weighted by molar-refractivity contribution is -0.135. The minimum atomic E-state index is -0.811. The highest BCUT2D eigenvalue weighted by Gasteiger charge is 2.08. The number of anilines is 1. The quantitative estimate of drug-likeness (QED) is 0.486. The van der Waals surface area contributed by atoms with Crippen molar-refractivity contribution in [2.75, 3.05) is 43.1 Å². The van der Waals surface area contributed by atoms with E-state index in [-0.39, 0.29) is 6.54 Å². The first kappa shape index (κ1) is 20.6. The van der Waals surface area contributed by atoms with Crippen LogP contribution in [0.25, 0.3) is 20.8 Å². The minimum Gasteiger partial charge on any atom is -0.480 e. The smallest absolute Gasteiger partial charge is 0.317 e. The fourth-order valence-electron chi connectivity index (χ4n) is 2.79. The molecule has 0 aliphatic rings. The zero-order valence-electron chi connectivity index (χ0n) is 16.1. The molecule has 5 nitrogen and oxygen atoms in total. The van der Waals surface area contributed by atoms with E-state index >= 15 is 0 Å². The Kier molecular flexibility index (Phi) is 7.30. The van der Waals surface area contributed by atoms with Crippen LogP contribution in [0.3, 0.4) is 0 Å². The molecule has 0 fully saturated rings. The Morgan fingerprint density at radius 1 is 1.21 bits per heavy atom. The molecule has 1 heterocycles. The van der Waals surface area contributed by atoms with Gasteiger partial charge in [-0.15, -0.1) is 11.3 Å². The Bertz CT molecular complexity index is 925. The van der Waals surface area contributed by atoms with Gasteiger partial charge in [-0.25, -0.2) is 4.98 Å². The highest BCUT2D eigenvalue weighted by atomic mass is 32.2. The van der Waals surface area contributed by atoms with Crippen molar-refractivity contribution in [3.63, 3.8) is 0 Å². The first-order valence-corrected chi connectivity index (χ1v) is 11.2. The Labute approximate surface area is 173 Å². The van der Waals surface area contributed by atoms with Gasteiger partial charge in [0, 0.05) is 42.9 Å². The first-order chi connectivity index (χ1) is 13.5. The van der Waals surface area contributed by atoms with Gasteiger partial charge in [0.05, 0.1) is 16.8 Å². The van der Waals surface area contributed by atoms with Gasteiger partial charge < -0.3 is 15.3 Å². The summed E-state index contributed by atoms with van der Waals surface area (Å²) in [5.41, 5.74) is 4.65. The van der Waals surface area contributed by atoms with Crippen molar-refractivity contribution in [2.24, 2.45) is 0 Å². The van der Waals surface area contributed by atoms with Crippen molar-refractivity contribution < 1.29 is 9.90 Å². The van der Waals surface area contributed by atoms with Crippen molar-refractivity contribution in [3.8, 4) is 10.6 Å². The number of thiazole rings is 1. The zero-order valence-corrected chi connectivity index (χ0v) is 17.8. The predicted octanol–water partition coefficient (Wildman–Crippen LogP) is 4.12. The van der Waals surface area contributed by atoms with Crippen LogP contribution in [0.4, 0.5) is 5.69 Å². The molecule has 0 bridgehead atoms. The largest absolute Gasteiger partial charge is 0.480 e. The Balaban J connectivity index is 1.49. The Morgan fingerprint density at radius 2 is 2.00 bits per heavy atom. The molecule has 2 aromatic carbocycles. The molecule has 148 valence electrons. The third-order valence-electron chi connectivity index (χ3n) is 4.37. The lowest BCUT2D eigenvalue weighted by Gasteiger charge is -2.19. The molecule has 0 saturated carbocycles. The van der Waals surface area contributed by atoms with E-state index in [1.165, 1.54) is 16.0 Å². The van der Waals surface area contributed by atoms with E-state index < -0.39 is 5.97 Å². The van der Waals surface area contributed by atoms with Crippen molar-refractivity contribution >= 4 is 45.0 Å². The van der Waals surface area contributed by atoms with Gasteiger partial charge in [0.1, 0.15) is 5.01 Å². The van der Waals surface area contributed by atoms with Crippen molar-refractivity contribution in [3.05, 3.63) is 48.0 Å². The summed E-state index contributed by atoms with van der Waals surface area (Å²) in [6, 6.07) is 14.9. The number of nitrogens with zero attached hydrogens (tertiary/aromatic N) is 2. The average molecular weight is 416 g/mol. The van der Waals surface area contributed by atoms with E-state index in [0.717, 1.165) is 40.7 Å². The lowest BCUT2D eigenvalue weighted by Crippen LogP contribution is -2.25. The maximum Gasteiger partial charge on any atom is 0.317 e. The number of nitrogens with one attached hydrogen (secondary N) is 1. The van der Waals surface area contributed by atoms with Gasteiger partial charge >= 0.3 is 5.97 Å². The second-order valence-corrected chi connectivity index (χ2v) is 8.90. The molecule has 3 aromatic rings. The van der Waals surface area contributed by atoms with Gasteiger partial charge in [-0.1, -0.05) is 6.07 Å². The van der Waals surface area contributed by atoms with Crippen molar-refractivity contribution in [2.45, 2.75) is 6.92 Å². The van der Waals surface area contributed by atoms with Crippen LogP contribution in [0.1, 0.15) is 5.56 Å². The SMILES string of the molecule is Cc1ccc2nc(-c3ccc(N(C)CCSCCNCC(=O)O)cc3)sc2c1. The fraction of sp³-hybridized carbons (Fsp3) is 0.333. The number of aromatic nitrogens is 1. The molecule has 3 rings (SSSR count). The number of thioether (sulfide) groups is 1. The van der Waals surface area contributed by atoms with Crippen LogP contribution < -0.4 is 10.2 Å². The van der Waals surface area contributed by atoms with Crippen LogP contribution >= 0.6 is 23.1 Å². The highest BCUT2D eigenvalue weighted by molar-refractivity contribution is 7.99. The van der Waals surface area contributed by atoms with Crippen LogP contribution in [0, 0.1) is 6.92 Å². The van der Waals surface area contributed by atoms with Gasteiger partial charge in [0.25, 0.3) is 0 Å². The molecule has 0 aliphatic carbocycles. The maximum atomic E-state index is 10.4. The number of rotatable bonds is 10. The van der Waals surface area contributed by atoms with E-state index in [4.69, 9.17) is 10.1 Å². The molecule has 0 saturated heterocycles. The number of benzene rings is 2. The van der Waals surface area contributed by atoms with Crippen LogP contribution in [0.5, 0.6) is 0 Å².